The average Bonchev–Trinajstić information content (AvgIpc) is 3.00. The van der Waals surface area contributed by atoms with Crippen molar-refractivity contribution in [3.8, 4) is 0 Å². The van der Waals surface area contributed by atoms with Crippen LogP contribution in [0, 0.1) is 23.0 Å². The third kappa shape index (κ3) is 2.91. The topological polar surface area (TPSA) is 68.3 Å². The predicted octanol–water partition coefficient (Wildman–Crippen LogP) is 4.23. The number of nitro benzene ring substituents is 1. The summed E-state index contributed by atoms with van der Waals surface area (Å²) in [6, 6.07) is 8.86. The van der Waals surface area contributed by atoms with Crippen LogP contribution in [0.5, 0.6) is 0 Å². The number of nitrogens with zero attached hydrogens (tertiary/aromatic N) is 1. The Morgan fingerprint density at radius 3 is 2.76 bits per heavy atom. The van der Waals surface area contributed by atoms with Crippen LogP contribution in [0.4, 0.5) is 11.4 Å². The van der Waals surface area contributed by atoms with Crippen molar-refractivity contribution in [1.82, 2.24) is 0 Å². The van der Waals surface area contributed by atoms with Gasteiger partial charge in [0.25, 0.3) is 5.69 Å². The Bertz CT molecular complexity index is 678. The van der Waals surface area contributed by atoms with Crippen molar-refractivity contribution in [1.29, 1.82) is 0 Å². The summed E-state index contributed by atoms with van der Waals surface area (Å²) in [6.45, 7) is 4.67. The van der Waals surface area contributed by atoms with Crippen LogP contribution in [0.25, 0.3) is 0 Å². The first-order valence-electron chi connectivity index (χ1n) is 7.12. The third-order valence-corrected chi connectivity index (χ3v) is 4.03. The van der Waals surface area contributed by atoms with Crippen molar-refractivity contribution in [3.63, 3.8) is 0 Å². The maximum absolute atomic E-state index is 10.7. The van der Waals surface area contributed by atoms with Gasteiger partial charge in [-0.05, 0) is 43.0 Å². The number of rotatable bonds is 5. The molecule has 1 fully saturated rings. The second-order valence-corrected chi connectivity index (χ2v) is 5.73. The molecular weight excluding hydrogens is 268 g/mol. The van der Waals surface area contributed by atoms with Crippen LogP contribution in [0.2, 0.25) is 0 Å². The zero-order chi connectivity index (χ0) is 15.0. The zero-order valence-corrected chi connectivity index (χ0v) is 12.1. The van der Waals surface area contributed by atoms with Crippen molar-refractivity contribution in [3.05, 3.63) is 57.5 Å². The fourth-order valence-corrected chi connectivity index (χ4v) is 2.55. The molecule has 110 valence electrons. The molecule has 2 atom stereocenters. The van der Waals surface area contributed by atoms with E-state index in [1.165, 1.54) is 12.5 Å². The molecule has 0 aliphatic heterocycles. The molecule has 5 heteroatoms. The Morgan fingerprint density at radius 1 is 1.38 bits per heavy atom. The summed E-state index contributed by atoms with van der Waals surface area (Å²) in [5, 5.41) is 14.0. The summed E-state index contributed by atoms with van der Waals surface area (Å²) in [5.41, 5.74) is 1.85. The van der Waals surface area contributed by atoms with E-state index < -0.39 is 0 Å². The highest BCUT2D eigenvalue weighted by Crippen LogP contribution is 2.47. The quantitative estimate of drug-likeness (QED) is 0.659. The van der Waals surface area contributed by atoms with Crippen molar-refractivity contribution in [2.45, 2.75) is 32.7 Å². The third-order valence-electron chi connectivity index (χ3n) is 4.03. The molecule has 1 saturated carbocycles. The van der Waals surface area contributed by atoms with E-state index in [0.29, 0.717) is 12.5 Å². The number of furan rings is 1. The minimum absolute atomic E-state index is 0.112. The van der Waals surface area contributed by atoms with E-state index >= 15 is 0 Å². The number of benzene rings is 1. The number of non-ortho nitro benzene ring substituents is 1. The Kier molecular flexibility index (Phi) is 3.41. The number of hydrogen-bond donors (Lipinski definition) is 1. The lowest BCUT2D eigenvalue weighted by molar-refractivity contribution is -0.384. The molecule has 1 aromatic carbocycles. The van der Waals surface area contributed by atoms with Crippen molar-refractivity contribution >= 4 is 11.4 Å². The van der Waals surface area contributed by atoms with Gasteiger partial charge in [-0.3, -0.25) is 10.1 Å². The van der Waals surface area contributed by atoms with Gasteiger partial charge in [-0.2, -0.15) is 0 Å². The van der Waals surface area contributed by atoms with Crippen LogP contribution in [0.15, 0.2) is 34.7 Å². The summed E-state index contributed by atoms with van der Waals surface area (Å²) in [6.07, 6.45) is 1.21. The summed E-state index contributed by atoms with van der Waals surface area (Å²) >= 11 is 0. The normalized spacial score (nSPS) is 20.3. The largest absolute Gasteiger partial charge is 0.464 e. The molecule has 2 unspecified atom stereocenters. The van der Waals surface area contributed by atoms with Crippen LogP contribution < -0.4 is 5.32 Å². The highest BCUT2D eigenvalue weighted by Gasteiger charge is 2.36. The summed E-state index contributed by atoms with van der Waals surface area (Å²) in [5.74, 6) is 3.27. The van der Waals surface area contributed by atoms with Crippen LogP contribution in [0.1, 0.15) is 36.3 Å². The fourth-order valence-electron chi connectivity index (χ4n) is 2.55. The van der Waals surface area contributed by atoms with Crippen molar-refractivity contribution in [2.24, 2.45) is 5.92 Å². The monoisotopic (exact) mass is 286 g/mol. The van der Waals surface area contributed by atoms with Gasteiger partial charge in [0.05, 0.1) is 11.5 Å². The molecule has 0 spiro atoms. The Morgan fingerprint density at radius 2 is 2.14 bits per heavy atom. The lowest BCUT2D eigenvalue weighted by Crippen LogP contribution is -2.00. The van der Waals surface area contributed by atoms with Crippen molar-refractivity contribution in [2.75, 3.05) is 5.32 Å². The fraction of sp³-hybridized carbons (Fsp3) is 0.375. The molecule has 1 N–H and O–H groups in total. The number of nitrogens with one attached hydrogen (secondary N) is 1. The minimum atomic E-state index is -0.383. The lowest BCUT2D eigenvalue weighted by Gasteiger charge is -2.07. The molecule has 1 aliphatic carbocycles. The van der Waals surface area contributed by atoms with Crippen LogP contribution in [-0.4, -0.2) is 4.92 Å². The van der Waals surface area contributed by atoms with Crippen LogP contribution in [0.3, 0.4) is 0 Å². The van der Waals surface area contributed by atoms with E-state index in [4.69, 9.17) is 4.42 Å². The number of hydrogen-bond acceptors (Lipinski definition) is 4. The first kappa shape index (κ1) is 13.7. The van der Waals surface area contributed by atoms with E-state index in [-0.39, 0.29) is 10.6 Å². The predicted molar refractivity (Wildman–Crippen MR) is 80.4 cm³/mol. The molecule has 0 bridgehead atoms. The number of nitro groups is 1. The van der Waals surface area contributed by atoms with Gasteiger partial charge in [0.15, 0.2) is 0 Å². The van der Waals surface area contributed by atoms with Gasteiger partial charge < -0.3 is 9.73 Å². The van der Waals surface area contributed by atoms with Gasteiger partial charge in [0.1, 0.15) is 11.5 Å². The first-order valence-corrected chi connectivity index (χ1v) is 7.12. The molecule has 0 saturated heterocycles. The highest BCUT2D eigenvalue weighted by molar-refractivity contribution is 5.55. The average molecular weight is 286 g/mol. The standard InChI is InChI=1S/C16H18N2O3/c1-10-8-14(10)16-6-4-13(21-16)9-17-15-5-3-12(18(19)20)7-11(15)2/h3-7,10,14,17H,8-9H2,1-2H3. The summed E-state index contributed by atoms with van der Waals surface area (Å²) in [4.78, 5) is 10.3. The molecule has 1 aromatic heterocycles. The Labute approximate surface area is 123 Å². The van der Waals surface area contributed by atoms with Gasteiger partial charge in [-0.15, -0.1) is 0 Å². The molecule has 0 radical (unpaired) electrons. The molecule has 1 heterocycles. The SMILES string of the molecule is Cc1cc([N+](=O)[O-])ccc1NCc1ccc(C2CC2C)o1. The number of anilines is 1. The number of aryl methyl sites for hydroxylation is 1. The molecule has 0 amide bonds. The van der Waals surface area contributed by atoms with E-state index in [0.717, 1.165) is 28.7 Å². The van der Waals surface area contributed by atoms with Gasteiger partial charge in [0.2, 0.25) is 0 Å². The second kappa shape index (κ2) is 5.24. The van der Waals surface area contributed by atoms with Gasteiger partial charge in [-0.25, -0.2) is 0 Å². The Hall–Kier alpha value is -2.30. The summed E-state index contributed by atoms with van der Waals surface area (Å²) < 4.78 is 5.83. The molecular formula is C16H18N2O3. The maximum Gasteiger partial charge on any atom is 0.269 e. The smallest absolute Gasteiger partial charge is 0.269 e. The Balaban J connectivity index is 1.64. The summed E-state index contributed by atoms with van der Waals surface area (Å²) in [7, 11) is 0. The maximum atomic E-state index is 10.7. The minimum Gasteiger partial charge on any atom is -0.464 e. The highest BCUT2D eigenvalue weighted by atomic mass is 16.6. The van der Waals surface area contributed by atoms with E-state index in [2.05, 4.69) is 12.2 Å². The van der Waals surface area contributed by atoms with Crippen molar-refractivity contribution < 1.29 is 9.34 Å². The second-order valence-electron chi connectivity index (χ2n) is 5.73. The molecule has 5 nitrogen and oxygen atoms in total. The van der Waals surface area contributed by atoms with E-state index in [1.807, 2.05) is 19.1 Å². The van der Waals surface area contributed by atoms with Crippen LogP contribution >= 0.6 is 0 Å². The van der Waals surface area contributed by atoms with Gasteiger partial charge >= 0.3 is 0 Å². The van der Waals surface area contributed by atoms with E-state index in [1.54, 1.807) is 12.1 Å². The molecule has 3 rings (SSSR count). The van der Waals surface area contributed by atoms with Gasteiger partial charge in [-0.1, -0.05) is 6.92 Å². The zero-order valence-electron chi connectivity index (χ0n) is 12.1. The van der Waals surface area contributed by atoms with Crippen LogP contribution in [-0.2, 0) is 6.54 Å². The molecule has 21 heavy (non-hydrogen) atoms. The van der Waals surface area contributed by atoms with E-state index in [9.17, 15) is 10.1 Å². The van der Waals surface area contributed by atoms with Gasteiger partial charge in [0, 0.05) is 23.7 Å². The molecule has 1 aliphatic rings. The lowest BCUT2D eigenvalue weighted by atomic mass is 10.2. The first-order chi connectivity index (χ1) is 10.0. The molecule has 2 aromatic rings.